The summed E-state index contributed by atoms with van der Waals surface area (Å²) in [6.07, 6.45) is 2.77. The van der Waals surface area contributed by atoms with Crippen LogP contribution in [0.2, 0.25) is 0 Å². The van der Waals surface area contributed by atoms with E-state index in [0.717, 1.165) is 11.3 Å². The highest BCUT2D eigenvalue weighted by Crippen LogP contribution is 2.33. The molecule has 8 heteroatoms. The predicted molar refractivity (Wildman–Crippen MR) is 115 cm³/mol. The van der Waals surface area contributed by atoms with Crippen molar-refractivity contribution in [3.05, 3.63) is 64.6 Å². The third kappa shape index (κ3) is 4.42. The summed E-state index contributed by atoms with van der Waals surface area (Å²) >= 11 is 0. The van der Waals surface area contributed by atoms with Gasteiger partial charge in [0.25, 0.3) is 11.7 Å². The van der Waals surface area contributed by atoms with Crippen LogP contribution < -0.4 is 10.5 Å². The van der Waals surface area contributed by atoms with Crippen LogP contribution in [0.1, 0.15) is 59.6 Å². The smallest absolute Gasteiger partial charge is 0.341 e. The lowest BCUT2D eigenvalue weighted by Gasteiger charge is -2.13. The average Bonchev–Trinajstić information content (AvgIpc) is 3.05. The molecule has 0 radical (unpaired) electrons. The number of carboxylic acid groups (broad SMARTS) is 1. The molecule has 8 nitrogen and oxygen atoms in total. The van der Waals surface area contributed by atoms with E-state index in [4.69, 9.17) is 15.6 Å². The molecule has 2 heterocycles. The third-order valence-corrected chi connectivity index (χ3v) is 5.06. The predicted octanol–water partition coefficient (Wildman–Crippen LogP) is 2.74. The van der Waals surface area contributed by atoms with Gasteiger partial charge < -0.3 is 20.0 Å². The second-order valence-corrected chi connectivity index (χ2v) is 7.54. The Bertz CT molecular complexity index is 1150. The number of benzene rings is 1. The van der Waals surface area contributed by atoms with Gasteiger partial charge in [0, 0.05) is 18.3 Å². The lowest BCUT2D eigenvalue weighted by Crippen LogP contribution is -2.24. The number of fused-ring (bicyclic) bond motifs is 1. The highest BCUT2D eigenvalue weighted by atomic mass is 16.5. The highest BCUT2D eigenvalue weighted by Gasteiger charge is 2.29. The molecular formula is C23H25N3O5. The molecular weight excluding hydrogens is 398 g/mol. The zero-order chi connectivity index (χ0) is 22.7. The van der Waals surface area contributed by atoms with E-state index in [9.17, 15) is 14.4 Å². The van der Waals surface area contributed by atoms with Crippen molar-refractivity contribution < 1.29 is 24.2 Å². The summed E-state index contributed by atoms with van der Waals surface area (Å²) in [6, 6.07) is 9.71. The van der Waals surface area contributed by atoms with Gasteiger partial charge in [0.15, 0.2) is 6.61 Å². The van der Waals surface area contributed by atoms with Crippen molar-refractivity contribution >= 4 is 23.2 Å². The molecule has 0 fully saturated rings. The third-order valence-electron chi connectivity index (χ3n) is 5.06. The van der Waals surface area contributed by atoms with Crippen molar-refractivity contribution in [2.24, 2.45) is 5.73 Å². The fraction of sp³-hybridized carbons (Fsp3) is 0.304. The normalized spacial score (nSPS) is 11.1. The van der Waals surface area contributed by atoms with Crippen molar-refractivity contribution in [3.8, 4) is 5.88 Å². The minimum absolute atomic E-state index is 0.00721. The number of nitrogens with two attached hydrogens (primary N) is 1. The number of amides is 1. The van der Waals surface area contributed by atoms with Gasteiger partial charge in [-0.25, -0.2) is 9.78 Å². The molecule has 0 bridgehead atoms. The van der Waals surface area contributed by atoms with Gasteiger partial charge in [-0.3, -0.25) is 9.59 Å². The van der Waals surface area contributed by atoms with Crippen LogP contribution in [0.25, 0.3) is 5.52 Å². The largest absolute Gasteiger partial charge is 0.479 e. The number of rotatable bonds is 9. The monoisotopic (exact) mass is 423 g/mol. The first-order chi connectivity index (χ1) is 14.7. The van der Waals surface area contributed by atoms with Gasteiger partial charge in [-0.2, -0.15) is 0 Å². The summed E-state index contributed by atoms with van der Waals surface area (Å²) in [7, 11) is 0. The number of carbonyl (C=O) groups excluding carboxylic acids is 2. The van der Waals surface area contributed by atoms with E-state index in [1.165, 1.54) is 0 Å². The number of hydrogen-bond donors (Lipinski definition) is 2. The second kappa shape index (κ2) is 8.99. The van der Waals surface area contributed by atoms with Crippen molar-refractivity contribution in [3.63, 3.8) is 0 Å². The molecule has 0 aliphatic rings. The topological polar surface area (TPSA) is 124 Å². The Hall–Kier alpha value is -3.68. The Morgan fingerprint density at radius 2 is 1.87 bits per heavy atom. The van der Waals surface area contributed by atoms with Crippen LogP contribution in [0.15, 0.2) is 36.5 Å². The number of aromatic nitrogens is 2. The maximum atomic E-state index is 12.8. The van der Waals surface area contributed by atoms with Gasteiger partial charge in [0.05, 0.1) is 11.3 Å². The maximum absolute atomic E-state index is 12.8. The van der Waals surface area contributed by atoms with Crippen LogP contribution in [0, 0.1) is 0 Å². The maximum Gasteiger partial charge on any atom is 0.341 e. The minimum atomic E-state index is -1.18. The lowest BCUT2D eigenvalue weighted by atomic mass is 9.99. The molecule has 0 saturated heterocycles. The molecule has 0 unspecified atom stereocenters. The lowest BCUT2D eigenvalue weighted by molar-refractivity contribution is -0.139. The molecule has 0 saturated carbocycles. The summed E-state index contributed by atoms with van der Waals surface area (Å²) in [6.45, 7) is 5.15. The number of aliphatic carboxylic acids is 1. The van der Waals surface area contributed by atoms with E-state index < -0.39 is 24.3 Å². The molecule has 3 rings (SSSR count). The van der Waals surface area contributed by atoms with Crippen LogP contribution in [-0.2, 0) is 22.4 Å². The molecule has 0 aliphatic heterocycles. The van der Waals surface area contributed by atoms with E-state index in [0.29, 0.717) is 24.1 Å². The summed E-state index contributed by atoms with van der Waals surface area (Å²) in [4.78, 5) is 40.2. The zero-order valence-electron chi connectivity index (χ0n) is 17.7. The number of carboxylic acids is 1. The first kappa shape index (κ1) is 22.0. The average molecular weight is 423 g/mol. The minimum Gasteiger partial charge on any atom is -0.479 e. The SMILES string of the molecule is CCc1c(C(=O)C(N)=O)c2c(OCC(=O)O)nc(C(C)C)cn2c1Cc1ccccc1. The van der Waals surface area contributed by atoms with Crippen LogP contribution in [0.5, 0.6) is 5.88 Å². The molecule has 2 aromatic heterocycles. The summed E-state index contributed by atoms with van der Waals surface area (Å²) < 4.78 is 7.26. The van der Waals surface area contributed by atoms with Crippen molar-refractivity contribution in [2.75, 3.05) is 6.61 Å². The second-order valence-electron chi connectivity index (χ2n) is 7.54. The van der Waals surface area contributed by atoms with Crippen LogP contribution in [-0.4, -0.2) is 38.8 Å². The molecule has 0 atom stereocenters. The first-order valence-corrected chi connectivity index (χ1v) is 10.0. The number of carbonyl (C=O) groups is 3. The van der Waals surface area contributed by atoms with Crippen LogP contribution >= 0.6 is 0 Å². The van der Waals surface area contributed by atoms with E-state index in [1.54, 1.807) is 4.40 Å². The zero-order valence-corrected chi connectivity index (χ0v) is 17.7. The first-order valence-electron chi connectivity index (χ1n) is 10.0. The van der Waals surface area contributed by atoms with Crippen LogP contribution in [0.3, 0.4) is 0 Å². The number of ketones is 1. The molecule has 0 spiro atoms. The molecule has 1 amide bonds. The van der Waals surface area contributed by atoms with E-state index >= 15 is 0 Å². The van der Waals surface area contributed by atoms with Crippen LogP contribution in [0.4, 0.5) is 0 Å². The number of primary amides is 1. The molecule has 1 aromatic carbocycles. The van der Waals surface area contributed by atoms with Gasteiger partial charge in [-0.05, 0) is 23.5 Å². The molecule has 3 aromatic rings. The van der Waals surface area contributed by atoms with Gasteiger partial charge in [-0.15, -0.1) is 0 Å². The van der Waals surface area contributed by atoms with Gasteiger partial charge in [-0.1, -0.05) is 51.1 Å². The van der Waals surface area contributed by atoms with E-state index in [-0.39, 0.29) is 22.9 Å². The van der Waals surface area contributed by atoms with E-state index in [2.05, 4.69) is 4.98 Å². The summed E-state index contributed by atoms with van der Waals surface area (Å²) in [5, 5.41) is 9.09. The Morgan fingerprint density at radius 1 is 1.19 bits per heavy atom. The number of hydrogen-bond acceptors (Lipinski definition) is 5. The Kier molecular flexibility index (Phi) is 6.39. The Morgan fingerprint density at radius 3 is 2.42 bits per heavy atom. The van der Waals surface area contributed by atoms with Gasteiger partial charge in [0.1, 0.15) is 5.52 Å². The fourth-order valence-electron chi connectivity index (χ4n) is 3.61. The summed E-state index contributed by atoms with van der Waals surface area (Å²) in [5.41, 5.74) is 8.87. The van der Waals surface area contributed by atoms with Crippen molar-refractivity contribution in [1.29, 1.82) is 0 Å². The number of ether oxygens (including phenoxy) is 1. The quantitative estimate of drug-likeness (QED) is 0.403. The van der Waals surface area contributed by atoms with Crippen molar-refractivity contribution in [1.82, 2.24) is 9.38 Å². The number of Topliss-reactive ketones (excluding diaryl/α,β-unsaturated/α-hetero) is 1. The Balaban J connectivity index is 2.38. The number of nitrogens with zero attached hydrogens (tertiary/aromatic N) is 2. The fourth-order valence-corrected chi connectivity index (χ4v) is 3.61. The van der Waals surface area contributed by atoms with Gasteiger partial charge >= 0.3 is 5.97 Å². The van der Waals surface area contributed by atoms with Gasteiger partial charge in [0.2, 0.25) is 5.88 Å². The molecule has 0 aliphatic carbocycles. The van der Waals surface area contributed by atoms with E-state index in [1.807, 2.05) is 57.3 Å². The molecule has 3 N–H and O–H groups in total. The van der Waals surface area contributed by atoms with Crippen molar-refractivity contribution in [2.45, 2.75) is 39.5 Å². The highest BCUT2D eigenvalue weighted by molar-refractivity contribution is 6.44. The Labute approximate surface area is 179 Å². The summed E-state index contributed by atoms with van der Waals surface area (Å²) in [5.74, 6) is -3.11. The molecule has 31 heavy (non-hydrogen) atoms. The standard InChI is InChI=1S/C23H25N3O5/c1-4-15-17(10-14-8-6-5-7-9-14)26-11-16(13(2)3)25-23(31-12-18(27)28)20(26)19(15)21(29)22(24)30/h5-9,11,13H,4,10,12H2,1-3H3,(H2,24,30)(H,27,28). The molecule has 162 valence electrons.